The molecular formula is C22H28N2O4. The fourth-order valence-corrected chi connectivity index (χ4v) is 2.66. The number of carbonyl (C=O) groups excluding carboxylic acids is 2. The van der Waals surface area contributed by atoms with Gasteiger partial charge in [-0.05, 0) is 37.5 Å². The first-order valence-corrected chi connectivity index (χ1v) is 9.15. The first-order chi connectivity index (χ1) is 13.2. The summed E-state index contributed by atoms with van der Waals surface area (Å²) in [5.74, 6) is -0.361. The van der Waals surface area contributed by atoms with Gasteiger partial charge < -0.3 is 10.1 Å². The summed E-state index contributed by atoms with van der Waals surface area (Å²) in [5, 5.41) is 3.75. The third-order valence-electron chi connectivity index (χ3n) is 4.07. The highest BCUT2D eigenvalue weighted by atomic mass is 16.7. The van der Waals surface area contributed by atoms with E-state index >= 15 is 0 Å². The van der Waals surface area contributed by atoms with Gasteiger partial charge in [-0.2, -0.15) is 0 Å². The predicted octanol–water partition coefficient (Wildman–Crippen LogP) is 3.81. The molecule has 0 bridgehead atoms. The molecule has 0 aliphatic heterocycles. The van der Waals surface area contributed by atoms with Crippen LogP contribution in [0.4, 0.5) is 4.79 Å². The van der Waals surface area contributed by atoms with Crippen LogP contribution in [-0.2, 0) is 20.8 Å². The Morgan fingerprint density at radius 3 is 2.11 bits per heavy atom. The van der Waals surface area contributed by atoms with Gasteiger partial charge in [0.25, 0.3) is 5.91 Å². The Kier molecular flexibility index (Phi) is 7.18. The summed E-state index contributed by atoms with van der Waals surface area (Å²) < 4.78 is 5.28. The fraction of sp³-hybridized carbons (Fsp3) is 0.364. The number of carbonyl (C=O) groups is 2. The van der Waals surface area contributed by atoms with Crippen molar-refractivity contribution in [2.24, 2.45) is 0 Å². The van der Waals surface area contributed by atoms with E-state index in [1.54, 1.807) is 20.8 Å². The molecule has 6 nitrogen and oxygen atoms in total. The zero-order chi connectivity index (χ0) is 20.7. The van der Waals surface area contributed by atoms with E-state index in [1.807, 2.05) is 54.6 Å². The van der Waals surface area contributed by atoms with Crippen molar-refractivity contribution >= 4 is 12.0 Å². The SMILES string of the molecule is CON(C)C(=O)C(Cc1ccc(-c2ccccc2)cc1)NC(=O)OC(C)(C)C. The van der Waals surface area contributed by atoms with Gasteiger partial charge in [-0.25, -0.2) is 9.86 Å². The van der Waals surface area contributed by atoms with Crippen molar-refractivity contribution in [3.05, 3.63) is 60.2 Å². The second-order valence-corrected chi connectivity index (χ2v) is 7.48. The maximum Gasteiger partial charge on any atom is 0.408 e. The summed E-state index contributed by atoms with van der Waals surface area (Å²) >= 11 is 0. The Hall–Kier alpha value is -2.86. The average Bonchev–Trinajstić information content (AvgIpc) is 2.66. The van der Waals surface area contributed by atoms with Gasteiger partial charge in [-0.3, -0.25) is 9.63 Å². The average molecular weight is 384 g/mol. The molecule has 0 aliphatic rings. The standard InChI is InChI=1S/C22H28N2O4/c1-22(2,3)28-21(26)23-19(20(25)24(4)27-5)15-16-11-13-18(14-12-16)17-9-7-6-8-10-17/h6-14,19H,15H2,1-5H3,(H,23,26). The van der Waals surface area contributed by atoms with Crippen molar-refractivity contribution < 1.29 is 19.2 Å². The first kappa shape index (κ1) is 21.4. The molecule has 150 valence electrons. The van der Waals surface area contributed by atoms with E-state index in [2.05, 4.69) is 5.32 Å². The molecule has 1 N–H and O–H groups in total. The third kappa shape index (κ3) is 6.39. The third-order valence-corrected chi connectivity index (χ3v) is 4.07. The van der Waals surface area contributed by atoms with Crippen LogP contribution in [-0.4, -0.2) is 42.9 Å². The molecule has 6 heteroatoms. The summed E-state index contributed by atoms with van der Waals surface area (Å²) in [6.45, 7) is 5.31. The van der Waals surface area contributed by atoms with Crippen LogP contribution < -0.4 is 5.32 Å². The number of hydrogen-bond donors (Lipinski definition) is 1. The molecule has 1 unspecified atom stereocenters. The largest absolute Gasteiger partial charge is 0.444 e. The maximum atomic E-state index is 12.6. The molecule has 1 atom stereocenters. The van der Waals surface area contributed by atoms with E-state index in [1.165, 1.54) is 14.2 Å². The van der Waals surface area contributed by atoms with Gasteiger partial charge >= 0.3 is 6.09 Å². The van der Waals surface area contributed by atoms with Crippen LogP contribution in [0.2, 0.25) is 0 Å². The van der Waals surface area contributed by atoms with Gasteiger partial charge in [-0.15, -0.1) is 0 Å². The number of nitrogens with zero attached hydrogens (tertiary/aromatic N) is 1. The van der Waals surface area contributed by atoms with E-state index in [9.17, 15) is 9.59 Å². The van der Waals surface area contributed by atoms with Gasteiger partial charge in [-0.1, -0.05) is 54.6 Å². The minimum atomic E-state index is -0.803. The van der Waals surface area contributed by atoms with Gasteiger partial charge in [0.05, 0.1) is 7.11 Å². The van der Waals surface area contributed by atoms with Crippen molar-refractivity contribution in [3.8, 4) is 11.1 Å². The Balaban J connectivity index is 2.15. The van der Waals surface area contributed by atoms with Crippen LogP contribution in [0.1, 0.15) is 26.3 Å². The van der Waals surface area contributed by atoms with Crippen LogP contribution in [0.3, 0.4) is 0 Å². The highest BCUT2D eigenvalue weighted by molar-refractivity contribution is 5.85. The Labute approximate surface area is 166 Å². The van der Waals surface area contributed by atoms with Crippen molar-refractivity contribution in [1.29, 1.82) is 0 Å². The molecule has 0 aromatic heterocycles. The molecule has 0 saturated heterocycles. The normalized spacial score (nSPS) is 12.2. The predicted molar refractivity (Wildman–Crippen MR) is 109 cm³/mol. The highest BCUT2D eigenvalue weighted by Gasteiger charge is 2.27. The number of hydroxylamine groups is 2. The number of alkyl carbamates (subject to hydrolysis) is 1. The molecular weight excluding hydrogens is 356 g/mol. The molecule has 0 aliphatic carbocycles. The number of nitrogens with one attached hydrogen (secondary N) is 1. The Morgan fingerprint density at radius 2 is 1.57 bits per heavy atom. The topological polar surface area (TPSA) is 67.9 Å². The molecule has 28 heavy (non-hydrogen) atoms. The second-order valence-electron chi connectivity index (χ2n) is 7.48. The van der Waals surface area contributed by atoms with E-state index in [0.717, 1.165) is 21.8 Å². The quantitative estimate of drug-likeness (QED) is 0.769. The molecule has 0 heterocycles. The number of benzene rings is 2. The Bertz CT molecular complexity index is 782. The summed E-state index contributed by atoms with van der Waals surface area (Å²) in [5.41, 5.74) is 2.47. The lowest BCUT2D eigenvalue weighted by Crippen LogP contribution is -2.49. The van der Waals surface area contributed by atoms with Crippen LogP contribution in [0, 0.1) is 0 Å². The zero-order valence-corrected chi connectivity index (χ0v) is 17.1. The maximum absolute atomic E-state index is 12.6. The van der Waals surface area contributed by atoms with Crippen LogP contribution in [0.15, 0.2) is 54.6 Å². The van der Waals surface area contributed by atoms with Crippen molar-refractivity contribution in [2.75, 3.05) is 14.2 Å². The second kappa shape index (κ2) is 9.37. The first-order valence-electron chi connectivity index (χ1n) is 9.15. The lowest BCUT2D eigenvalue weighted by molar-refractivity contribution is -0.171. The molecule has 2 amide bonds. The molecule has 2 aromatic rings. The number of ether oxygens (including phenoxy) is 1. The summed E-state index contributed by atoms with van der Waals surface area (Å²) in [4.78, 5) is 29.7. The number of likely N-dealkylation sites (N-methyl/N-ethyl adjacent to an activating group) is 1. The number of hydrogen-bond acceptors (Lipinski definition) is 4. The van der Waals surface area contributed by atoms with Crippen molar-refractivity contribution in [3.63, 3.8) is 0 Å². The smallest absolute Gasteiger partial charge is 0.408 e. The van der Waals surface area contributed by atoms with Crippen LogP contribution in [0.25, 0.3) is 11.1 Å². The molecule has 2 rings (SSSR count). The van der Waals surface area contributed by atoms with Gasteiger partial charge in [0.1, 0.15) is 11.6 Å². The van der Waals surface area contributed by atoms with Crippen molar-refractivity contribution in [1.82, 2.24) is 10.4 Å². The monoisotopic (exact) mass is 384 g/mol. The number of rotatable bonds is 6. The minimum Gasteiger partial charge on any atom is -0.444 e. The number of amides is 2. The van der Waals surface area contributed by atoms with E-state index < -0.39 is 17.7 Å². The summed E-state index contributed by atoms with van der Waals surface area (Å²) in [6.07, 6.45) is -0.322. The van der Waals surface area contributed by atoms with Crippen molar-refractivity contribution in [2.45, 2.75) is 38.8 Å². The molecule has 0 radical (unpaired) electrons. The van der Waals surface area contributed by atoms with Crippen LogP contribution in [0.5, 0.6) is 0 Å². The summed E-state index contributed by atoms with van der Waals surface area (Å²) in [6, 6.07) is 17.1. The van der Waals surface area contributed by atoms with Gasteiger partial charge in [0, 0.05) is 13.5 Å². The van der Waals surface area contributed by atoms with E-state index in [4.69, 9.17) is 9.57 Å². The van der Waals surface area contributed by atoms with E-state index in [0.29, 0.717) is 6.42 Å². The highest BCUT2D eigenvalue weighted by Crippen LogP contribution is 2.20. The van der Waals surface area contributed by atoms with Gasteiger partial charge in [0.15, 0.2) is 0 Å². The molecule has 0 saturated carbocycles. The molecule has 2 aromatic carbocycles. The lowest BCUT2D eigenvalue weighted by Gasteiger charge is -2.25. The Morgan fingerprint density at radius 1 is 1.00 bits per heavy atom. The zero-order valence-electron chi connectivity index (χ0n) is 17.1. The van der Waals surface area contributed by atoms with Crippen LogP contribution >= 0.6 is 0 Å². The minimum absolute atomic E-state index is 0.320. The molecule has 0 spiro atoms. The van der Waals surface area contributed by atoms with E-state index in [-0.39, 0.29) is 5.91 Å². The van der Waals surface area contributed by atoms with Gasteiger partial charge in [0.2, 0.25) is 0 Å². The molecule has 0 fully saturated rings. The summed E-state index contributed by atoms with van der Waals surface area (Å²) in [7, 11) is 2.90. The fourth-order valence-electron chi connectivity index (χ4n) is 2.66. The lowest BCUT2D eigenvalue weighted by atomic mass is 10.0.